The summed E-state index contributed by atoms with van der Waals surface area (Å²) in [5.74, 6) is 1.67. The Morgan fingerprint density at radius 2 is 2.04 bits per heavy atom. The summed E-state index contributed by atoms with van der Waals surface area (Å²) in [5.41, 5.74) is 1.74. The van der Waals surface area contributed by atoms with Crippen LogP contribution < -0.4 is 20.1 Å². The number of aromatic nitrogens is 1. The Hall–Kier alpha value is -2.02. The Kier molecular flexibility index (Phi) is 8.65. The van der Waals surface area contributed by atoms with Crippen LogP contribution in [0.1, 0.15) is 18.4 Å². The highest BCUT2D eigenvalue weighted by Crippen LogP contribution is 2.31. The van der Waals surface area contributed by atoms with Crippen molar-refractivity contribution in [2.75, 3.05) is 19.0 Å². The molecule has 1 saturated heterocycles. The highest BCUT2D eigenvalue weighted by Gasteiger charge is 2.21. The number of benzene rings is 1. The number of methoxy groups -OCH3 is 1. The van der Waals surface area contributed by atoms with Crippen LogP contribution in [0.2, 0.25) is 0 Å². The summed E-state index contributed by atoms with van der Waals surface area (Å²) in [6.45, 7) is 2.88. The molecule has 1 aromatic carbocycles. The first-order valence-corrected chi connectivity index (χ1v) is 7.98. The molecule has 0 radical (unpaired) electrons. The first-order valence-electron chi connectivity index (χ1n) is 7.98. The molecule has 3 rings (SSSR count). The van der Waals surface area contributed by atoms with Crippen LogP contribution >= 0.6 is 24.8 Å². The van der Waals surface area contributed by atoms with Gasteiger partial charge in [-0.2, -0.15) is 0 Å². The van der Waals surface area contributed by atoms with Crippen molar-refractivity contribution in [2.24, 2.45) is 0 Å². The van der Waals surface area contributed by atoms with Crippen LogP contribution in [0, 0.1) is 6.92 Å². The molecule has 1 aromatic heterocycles. The molecule has 0 saturated carbocycles. The predicted octanol–water partition coefficient (Wildman–Crippen LogP) is 3.73. The number of ether oxygens (including phenoxy) is 2. The van der Waals surface area contributed by atoms with E-state index in [1.807, 2.05) is 25.1 Å². The summed E-state index contributed by atoms with van der Waals surface area (Å²) in [4.78, 5) is 16.3. The average molecular weight is 400 g/mol. The summed E-state index contributed by atoms with van der Waals surface area (Å²) < 4.78 is 11.1. The summed E-state index contributed by atoms with van der Waals surface area (Å²) in [6.07, 6.45) is 3.48. The van der Waals surface area contributed by atoms with Gasteiger partial charge in [-0.15, -0.1) is 24.8 Å². The molecule has 0 aliphatic carbocycles. The van der Waals surface area contributed by atoms with Crippen molar-refractivity contribution in [3.05, 3.63) is 42.1 Å². The number of hydrogen-bond acceptors (Lipinski definition) is 5. The van der Waals surface area contributed by atoms with E-state index in [1.54, 1.807) is 25.4 Å². The van der Waals surface area contributed by atoms with Crippen LogP contribution in [-0.4, -0.2) is 30.6 Å². The van der Waals surface area contributed by atoms with Gasteiger partial charge in [0, 0.05) is 6.07 Å². The van der Waals surface area contributed by atoms with Gasteiger partial charge in [-0.25, -0.2) is 4.98 Å². The first-order chi connectivity index (χ1) is 11.7. The monoisotopic (exact) mass is 399 g/mol. The molecule has 26 heavy (non-hydrogen) atoms. The van der Waals surface area contributed by atoms with Crippen LogP contribution in [-0.2, 0) is 4.79 Å². The molecular weight excluding hydrogens is 377 g/mol. The average Bonchev–Trinajstić information content (AvgIpc) is 3.13. The van der Waals surface area contributed by atoms with E-state index in [0.717, 1.165) is 24.9 Å². The van der Waals surface area contributed by atoms with Crippen molar-refractivity contribution < 1.29 is 14.3 Å². The first kappa shape index (κ1) is 22.0. The Balaban J connectivity index is 0.00000169. The molecule has 2 heterocycles. The van der Waals surface area contributed by atoms with E-state index in [4.69, 9.17) is 9.47 Å². The van der Waals surface area contributed by atoms with Gasteiger partial charge in [0.05, 0.1) is 25.0 Å². The SMILES string of the molecule is COc1cc(C)ccc1Oc1ccc(NC(=O)C2CCCN2)cn1.Cl.Cl. The van der Waals surface area contributed by atoms with Gasteiger partial charge in [-0.3, -0.25) is 4.79 Å². The second kappa shape index (κ2) is 10.2. The standard InChI is InChI=1S/C18H21N3O3.2ClH/c1-12-5-7-15(16(10-12)23-2)24-17-8-6-13(11-20-17)21-18(22)14-4-3-9-19-14;;/h5-8,10-11,14,19H,3-4,9H2,1-2H3,(H,21,22);2*1H. The van der Waals surface area contributed by atoms with E-state index < -0.39 is 0 Å². The molecule has 1 aliphatic rings. The van der Waals surface area contributed by atoms with Gasteiger partial charge in [0.15, 0.2) is 11.5 Å². The minimum atomic E-state index is -0.113. The van der Waals surface area contributed by atoms with E-state index in [0.29, 0.717) is 23.1 Å². The number of aryl methyl sites for hydroxylation is 1. The highest BCUT2D eigenvalue weighted by molar-refractivity contribution is 5.94. The lowest BCUT2D eigenvalue weighted by atomic mass is 10.2. The molecule has 6 nitrogen and oxygen atoms in total. The molecule has 1 fully saturated rings. The van der Waals surface area contributed by atoms with Crippen molar-refractivity contribution in [2.45, 2.75) is 25.8 Å². The minimum absolute atomic E-state index is 0. The number of hydrogen-bond donors (Lipinski definition) is 2. The van der Waals surface area contributed by atoms with Gasteiger partial charge in [-0.05, 0) is 50.1 Å². The quantitative estimate of drug-likeness (QED) is 0.801. The lowest BCUT2D eigenvalue weighted by Gasteiger charge is -2.12. The predicted molar refractivity (Wildman–Crippen MR) is 106 cm³/mol. The number of pyridine rings is 1. The second-order valence-electron chi connectivity index (χ2n) is 5.78. The van der Waals surface area contributed by atoms with Crippen molar-refractivity contribution in [1.82, 2.24) is 10.3 Å². The highest BCUT2D eigenvalue weighted by atomic mass is 35.5. The smallest absolute Gasteiger partial charge is 0.241 e. The number of rotatable bonds is 5. The van der Waals surface area contributed by atoms with Gasteiger partial charge in [0.25, 0.3) is 0 Å². The molecule has 1 unspecified atom stereocenters. The number of halogens is 2. The molecule has 0 spiro atoms. The third-order valence-corrected chi connectivity index (χ3v) is 3.91. The van der Waals surface area contributed by atoms with Crippen LogP contribution in [0.3, 0.4) is 0 Å². The maximum Gasteiger partial charge on any atom is 0.241 e. The maximum atomic E-state index is 12.1. The zero-order valence-electron chi connectivity index (χ0n) is 14.7. The van der Waals surface area contributed by atoms with Crippen molar-refractivity contribution in [1.29, 1.82) is 0 Å². The topological polar surface area (TPSA) is 72.5 Å². The number of anilines is 1. The Labute approximate surface area is 165 Å². The summed E-state index contributed by atoms with van der Waals surface area (Å²) in [6, 6.07) is 9.07. The van der Waals surface area contributed by atoms with Gasteiger partial charge >= 0.3 is 0 Å². The fourth-order valence-corrected chi connectivity index (χ4v) is 2.62. The van der Waals surface area contributed by atoms with E-state index in [2.05, 4.69) is 15.6 Å². The van der Waals surface area contributed by atoms with Crippen LogP contribution in [0.4, 0.5) is 5.69 Å². The van der Waals surface area contributed by atoms with Crippen molar-refractivity contribution in [3.8, 4) is 17.4 Å². The maximum absolute atomic E-state index is 12.1. The second-order valence-corrected chi connectivity index (χ2v) is 5.78. The fourth-order valence-electron chi connectivity index (χ4n) is 2.62. The zero-order valence-corrected chi connectivity index (χ0v) is 16.3. The minimum Gasteiger partial charge on any atom is -0.493 e. The summed E-state index contributed by atoms with van der Waals surface area (Å²) in [5, 5.41) is 6.03. The van der Waals surface area contributed by atoms with E-state index in [9.17, 15) is 4.79 Å². The molecule has 1 aliphatic heterocycles. The molecule has 8 heteroatoms. The Bertz CT molecular complexity index is 720. The number of amides is 1. The molecular formula is C18H23Cl2N3O3. The Morgan fingerprint density at radius 3 is 2.65 bits per heavy atom. The van der Waals surface area contributed by atoms with Gasteiger partial charge in [0.2, 0.25) is 11.8 Å². The zero-order chi connectivity index (χ0) is 16.9. The Morgan fingerprint density at radius 1 is 1.23 bits per heavy atom. The molecule has 2 N–H and O–H groups in total. The molecule has 142 valence electrons. The third-order valence-electron chi connectivity index (χ3n) is 3.91. The molecule has 0 bridgehead atoms. The summed E-state index contributed by atoms with van der Waals surface area (Å²) in [7, 11) is 1.60. The van der Waals surface area contributed by atoms with Crippen LogP contribution in [0.25, 0.3) is 0 Å². The number of nitrogens with zero attached hydrogens (tertiary/aromatic N) is 1. The third kappa shape index (κ3) is 5.49. The number of carbonyl (C=O) groups excluding carboxylic acids is 1. The molecule has 1 amide bonds. The van der Waals surface area contributed by atoms with E-state index in [-0.39, 0.29) is 36.8 Å². The van der Waals surface area contributed by atoms with Crippen molar-refractivity contribution >= 4 is 36.4 Å². The molecule has 1 atom stereocenters. The lowest BCUT2D eigenvalue weighted by molar-refractivity contribution is -0.117. The normalized spacial score (nSPS) is 15.4. The van der Waals surface area contributed by atoms with E-state index in [1.165, 1.54) is 0 Å². The van der Waals surface area contributed by atoms with Crippen LogP contribution in [0.5, 0.6) is 17.4 Å². The summed E-state index contributed by atoms with van der Waals surface area (Å²) >= 11 is 0. The van der Waals surface area contributed by atoms with Gasteiger partial charge in [-0.1, -0.05) is 6.07 Å². The number of carbonyl (C=O) groups is 1. The van der Waals surface area contributed by atoms with Crippen LogP contribution in [0.15, 0.2) is 36.5 Å². The fraction of sp³-hybridized carbons (Fsp3) is 0.333. The number of nitrogens with one attached hydrogen (secondary N) is 2. The largest absolute Gasteiger partial charge is 0.493 e. The van der Waals surface area contributed by atoms with Crippen molar-refractivity contribution in [3.63, 3.8) is 0 Å². The molecule has 2 aromatic rings. The van der Waals surface area contributed by atoms with Gasteiger partial charge in [0.1, 0.15) is 0 Å². The lowest BCUT2D eigenvalue weighted by Crippen LogP contribution is -2.35. The van der Waals surface area contributed by atoms with E-state index >= 15 is 0 Å². The van der Waals surface area contributed by atoms with Gasteiger partial charge < -0.3 is 20.1 Å².